The number of nitrogens with one attached hydrogen (secondary N) is 1. The van der Waals surface area contributed by atoms with Gasteiger partial charge >= 0.3 is 6.18 Å². The molecule has 1 N–H and O–H groups in total. The molecule has 1 fully saturated rings. The highest BCUT2D eigenvalue weighted by Crippen LogP contribution is 2.32. The van der Waals surface area contributed by atoms with Crippen molar-refractivity contribution in [3.63, 3.8) is 0 Å². The van der Waals surface area contributed by atoms with Crippen molar-refractivity contribution in [2.75, 3.05) is 0 Å². The fraction of sp³-hybridized carbons (Fsp3) is 0.538. The highest BCUT2D eigenvalue weighted by molar-refractivity contribution is 9.10. The first-order chi connectivity index (χ1) is 8.47. The third-order valence-electron chi connectivity index (χ3n) is 3.31. The summed E-state index contributed by atoms with van der Waals surface area (Å²) in [7, 11) is 0. The molecule has 0 saturated heterocycles. The summed E-state index contributed by atoms with van der Waals surface area (Å²) >= 11 is 3.30. The first-order valence-corrected chi connectivity index (χ1v) is 6.85. The number of hydrogen-bond acceptors (Lipinski definition) is 1. The van der Waals surface area contributed by atoms with E-state index in [-0.39, 0.29) is 0 Å². The molecule has 100 valence electrons. The lowest BCUT2D eigenvalue weighted by Gasteiger charge is -2.14. The van der Waals surface area contributed by atoms with Crippen molar-refractivity contribution in [2.45, 2.75) is 44.4 Å². The number of halogens is 4. The Balaban J connectivity index is 2.06. The van der Waals surface area contributed by atoms with Crippen LogP contribution in [-0.4, -0.2) is 6.04 Å². The van der Waals surface area contributed by atoms with Crippen LogP contribution in [0.2, 0.25) is 0 Å². The highest BCUT2D eigenvalue weighted by atomic mass is 79.9. The van der Waals surface area contributed by atoms with Gasteiger partial charge in [-0.3, -0.25) is 0 Å². The molecular weight excluding hydrogens is 307 g/mol. The lowest BCUT2D eigenvalue weighted by atomic mass is 10.1. The monoisotopic (exact) mass is 321 g/mol. The lowest BCUT2D eigenvalue weighted by Crippen LogP contribution is -2.25. The van der Waals surface area contributed by atoms with E-state index in [9.17, 15) is 13.2 Å². The van der Waals surface area contributed by atoms with Gasteiger partial charge in [0, 0.05) is 17.1 Å². The van der Waals surface area contributed by atoms with Crippen molar-refractivity contribution in [3.8, 4) is 0 Å². The van der Waals surface area contributed by atoms with Gasteiger partial charge < -0.3 is 5.32 Å². The van der Waals surface area contributed by atoms with Crippen molar-refractivity contribution in [2.24, 2.45) is 0 Å². The summed E-state index contributed by atoms with van der Waals surface area (Å²) in [4.78, 5) is 0. The Morgan fingerprint density at radius 2 is 1.89 bits per heavy atom. The van der Waals surface area contributed by atoms with E-state index in [2.05, 4.69) is 21.2 Å². The summed E-state index contributed by atoms with van der Waals surface area (Å²) in [5, 5.41) is 3.32. The molecule has 0 spiro atoms. The van der Waals surface area contributed by atoms with Crippen LogP contribution in [0.4, 0.5) is 13.2 Å². The molecule has 18 heavy (non-hydrogen) atoms. The topological polar surface area (TPSA) is 12.0 Å². The zero-order valence-electron chi connectivity index (χ0n) is 9.86. The predicted molar refractivity (Wildman–Crippen MR) is 68.2 cm³/mol. The summed E-state index contributed by atoms with van der Waals surface area (Å²) in [6.07, 6.45) is 0.388. The molecule has 1 aromatic carbocycles. The second kappa shape index (κ2) is 5.61. The molecule has 1 aliphatic carbocycles. The molecule has 1 nitrogen and oxygen atoms in total. The SMILES string of the molecule is FC(F)(F)c1ccc(Br)c(CNC2CCCC2)c1. The maximum atomic E-state index is 12.6. The Labute approximate surface area is 113 Å². The van der Waals surface area contributed by atoms with E-state index in [4.69, 9.17) is 0 Å². The van der Waals surface area contributed by atoms with Crippen LogP contribution >= 0.6 is 15.9 Å². The molecule has 1 saturated carbocycles. The molecular formula is C13H15BrF3N. The van der Waals surface area contributed by atoms with E-state index < -0.39 is 11.7 Å². The standard InChI is InChI=1S/C13H15BrF3N/c14-12-6-5-10(13(15,16)17)7-9(12)8-18-11-3-1-2-4-11/h5-7,11,18H,1-4,8H2. The van der Waals surface area contributed by atoms with E-state index in [0.29, 0.717) is 18.2 Å². The average molecular weight is 322 g/mol. The van der Waals surface area contributed by atoms with Gasteiger partial charge in [-0.1, -0.05) is 28.8 Å². The molecule has 1 aromatic rings. The van der Waals surface area contributed by atoms with Gasteiger partial charge in [-0.25, -0.2) is 0 Å². The zero-order valence-corrected chi connectivity index (χ0v) is 11.4. The lowest BCUT2D eigenvalue weighted by molar-refractivity contribution is -0.137. The van der Waals surface area contributed by atoms with Gasteiger partial charge in [0.15, 0.2) is 0 Å². The van der Waals surface area contributed by atoms with Crippen LogP contribution in [-0.2, 0) is 12.7 Å². The molecule has 0 radical (unpaired) electrons. The van der Waals surface area contributed by atoms with Crippen molar-refractivity contribution in [1.29, 1.82) is 0 Å². The fourth-order valence-corrected chi connectivity index (χ4v) is 2.66. The van der Waals surface area contributed by atoms with Crippen LogP contribution in [0.25, 0.3) is 0 Å². The summed E-state index contributed by atoms with van der Waals surface area (Å²) in [6, 6.07) is 4.23. The summed E-state index contributed by atoms with van der Waals surface area (Å²) in [6.45, 7) is 0.481. The third kappa shape index (κ3) is 3.48. The molecule has 0 atom stereocenters. The highest BCUT2D eigenvalue weighted by Gasteiger charge is 2.30. The van der Waals surface area contributed by atoms with Crippen molar-refractivity contribution in [1.82, 2.24) is 5.32 Å². The first-order valence-electron chi connectivity index (χ1n) is 6.06. The van der Waals surface area contributed by atoms with Gasteiger partial charge in [0.05, 0.1) is 5.56 Å². The Kier molecular flexibility index (Phi) is 4.33. The summed E-state index contributed by atoms with van der Waals surface area (Å²) < 4.78 is 38.5. The number of rotatable bonds is 3. The smallest absolute Gasteiger partial charge is 0.310 e. The van der Waals surface area contributed by atoms with Crippen LogP contribution in [0.5, 0.6) is 0 Å². The molecule has 1 aliphatic rings. The van der Waals surface area contributed by atoms with E-state index in [1.165, 1.54) is 25.0 Å². The maximum absolute atomic E-state index is 12.6. The van der Waals surface area contributed by atoms with Crippen LogP contribution in [0, 0.1) is 0 Å². The molecule has 2 rings (SSSR count). The summed E-state index contributed by atoms with van der Waals surface area (Å²) in [5.41, 5.74) is 0.0747. The Morgan fingerprint density at radius 3 is 2.50 bits per heavy atom. The second-order valence-electron chi connectivity index (χ2n) is 4.67. The van der Waals surface area contributed by atoms with Gasteiger partial charge in [0.1, 0.15) is 0 Å². The van der Waals surface area contributed by atoms with Crippen LogP contribution in [0.15, 0.2) is 22.7 Å². The van der Waals surface area contributed by atoms with Crippen LogP contribution in [0.3, 0.4) is 0 Å². The molecule has 0 aromatic heterocycles. The minimum Gasteiger partial charge on any atom is -0.310 e. The zero-order chi connectivity index (χ0) is 13.2. The van der Waals surface area contributed by atoms with Crippen molar-refractivity contribution < 1.29 is 13.2 Å². The van der Waals surface area contributed by atoms with Crippen LogP contribution < -0.4 is 5.32 Å². The molecule has 5 heteroatoms. The van der Waals surface area contributed by atoms with Gasteiger partial charge in [0.25, 0.3) is 0 Å². The molecule has 0 bridgehead atoms. The van der Waals surface area contributed by atoms with Crippen LogP contribution in [0.1, 0.15) is 36.8 Å². The summed E-state index contributed by atoms with van der Waals surface area (Å²) in [5.74, 6) is 0. The normalized spacial score (nSPS) is 17.3. The Bertz CT molecular complexity index is 411. The number of benzene rings is 1. The molecule has 0 aliphatic heterocycles. The largest absolute Gasteiger partial charge is 0.416 e. The van der Waals surface area contributed by atoms with Gasteiger partial charge in [-0.05, 0) is 36.6 Å². The van der Waals surface area contributed by atoms with E-state index >= 15 is 0 Å². The molecule has 0 heterocycles. The predicted octanol–water partition coefficient (Wildman–Crippen LogP) is 4.50. The minimum absolute atomic E-state index is 0.450. The molecule has 0 amide bonds. The minimum atomic E-state index is -4.27. The van der Waals surface area contributed by atoms with Gasteiger partial charge in [0.2, 0.25) is 0 Å². The van der Waals surface area contributed by atoms with Gasteiger partial charge in [-0.2, -0.15) is 13.2 Å². The van der Waals surface area contributed by atoms with E-state index in [0.717, 1.165) is 23.4 Å². The van der Waals surface area contributed by atoms with Crippen molar-refractivity contribution in [3.05, 3.63) is 33.8 Å². The van der Waals surface area contributed by atoms with E-state index in [1.807, 2.05) is 0 Å². The average Bonchev–Trinajstić information content (AvgIpc) is 2.79. The Hall–Kier alpha value is -0.550. The molecule has 0 unspecified atom stereocenters. The van der Waals surface area contributed by atoms with Gasteiger partial charge in [-0.15, -0.1) is 0 Å². The van der Waals surface area contributed by atoms with Crippen molar-refractivity contribution >= 4 is 15.9 Å². The quantitative estimate of drug-likeness (QED) is 0.864. The Morgan fingerprint density at radius 1 is 1.22 bits per heavy atom. The number of alkyl halides is 3. The fourth-order valence-electron chi connectivity index (χ4n) is 2.27. The first kappa shape index (κ1) is 13.9. The third-order valence-corrected chi connectivity index (χ3v) is 4.08. The number of hydrogen-bond donors (Lipinski definition) is 1. The second-order valence-corrected chi connectivity index (χ2v) is 5.52. The van der Waals surface area contributed by atoms with E-state index in [1.54, 1.807) is 0 Å². The maximum Gasteiger partial charge on any atom is 0.416 e.